The van der Waals surface area contributed by atoms with E-state index in [0.717, 1.165) is 32.9 Å². The molecule has 0 saturated carbocycles. The molecule has 1 heterocycles. The van der Waals surface area contributed by atoms with Crippen LogP contribution < -0.4 is 4.74 Å². The Morgan fingerprint density at radius 2 is 1.21 bits per heavy atom. The van der Waals surface area contributed by atoms with Crippen molar-refractivity contribution >= 4 is 22.2 Å². The molecule has 0 N–H and O–H groups in total. The average Bonchev–Trinajstić information content (AvgIpc) is 2.81. The van der Waals surface area contributed by atoms with Crippen LogP contribution in [0.1, 0.15) is 16.7 Å². The van der Waals surface area contributed by atoms with Gasteiger partial charge in [0.15, 0.2) is 5.16 Å². The van der Waals surface area contributed by atoms with Crippen molar-refractivity contribution in [3.05, 3.63) is 120 Å². The van der Waals surface area contributed by atoms with Crippen molar-refractivity contribution < 1.29 is 4.74 Å². The molecule has 3 nitrogen and oxygen atoms in total. The molecule has 0 amide bonds. The van der Waals surface area contributed by atoms with E-state index in [-0.39, 0.29) is 0 Å². The van der Waals surface area contributed by atoms with E-state index in [1.165, 1.54) is 0 Å². The zero-order chi connectivity index (χ0) is 19.9. The first kappa shape index (κ1) is 19.0. The van der Waals surface area contributed by atoms with E-state index in [4.69, 9.17) is 4.74 Å². The first-order valence-corrected chi connectivity index (χ1v) is 10.1. The first-order chi connectivity index (χ1) is 14.3. The Morgan fingerprint density at radius 3 is 1.72 bits per heavy atom. The van der Waals surface area contributed by atoms with Gasteiger partial charge in [-0.05, 0) is 46.7 Å². The molecular formula is C25H20N2OS. The van der Waals surface area contributed by atoms with Gasteiger partial charge in [0, 0.05) is 22.9 Å². The van der Waals surface area contributed by atoms with Gasteiger partial charge in [0.1, 0.15) is 5.75 Å². The molecule has 0 atom stereocenters. The second-order valence-corrected chi connectivity index (χ2v) is 7.28. The van der Waals surface area contributed by atoms with Crippen LogP contribution in [0.2, 0.25) is 0 Å². The van der Waals surface area contributed by atoms with Gasteiger partial charge in [-0.15, -0.1) is 0 Å². The van der Waals surface area contributed by atoms with E-state index in [9.17, 15) is 0 Å². The molecule has 1 aromatic heterocycles. The summed E-state index contributed by atoms with van der Waals surface area (Å²) in [5.74, 6) is 0.829. The van der Waals surface area contributed by atoms with Crippen LogP contribution in [0.4, 0.5) is 0 Å². The maximum Gasteiger partial charge on any atom is 0.192 e. The SMILES string of the molecule is COc1ccc(C(Sc2ncccn2)=C(c2ccccc2)c2ccccc2)cc1. The summed E-state index contributed by atoms with van der Waals surface area (Å²) in [5.41, 5.74) is 4.53. The summed E-state index contributed by atoms with van der Waals surface area (Å²) in [4.78, 5) is 9.97. The van der Waals surface area contributed by atoms with Gasteiger partial charge in [-0.25, -0.2) is 9.97 Å². The standard InChI is InChI=1S/C25H20N2OS/c1-28-22-15-13-21(14-16-22)24(29-25-26-17-8-18-27-25)23(19-9-4-2-5-10-19)20-11-6-3-7-12-20/h2-18H,1H3. The van der Waals surface area contributed by atoms with Crippen LogP contribution in [0.15, 0.2) is 109 Å². The molecule has 0 unspecified atom stereocenters. The van der Waals surface area contributed by atoms with Gasteiger partial charge in [0.05, 0.1) is 7.11 Å². The van der Waals surface area contributed by atoms with Gasteiger partial charge in [0.25, 0.3) is 0 Å². The summed E-state index contributed by atoms with van der Waals surface area (Å²) in [5, 5.41) is 0.711. The molecule has 0 aliphatic carbocycles. The van der Waals surface area contributed by atoms with Crippen molar-refractivity contribution in [1.82, 2.24) is 9.97 Å². The van der Waals surface area contributed by atoms with Crippen LogP contribution in [-0.4, -0.2) is 17.1 Å². The Morgan fingerprint density at radius 1 is 0.655 bits per heavy atom. The molecule has 29 heavy (non-hydrogen) atoms. The fourth-order valence-electron chi connectivity index (χ4n) is 3.06. The van der Waals surface area contributed by atoms with Gasteiger partial charge >= 0.3 is 0 Å². The number of thioether (sulfide) groups is 1. The van der Waals surface area contributed by atoms with Crippen LogP contribution in [0, 0.1) is 0 Å². The van der Waals surface area contributed by atoms with Gasteiger partial charge < -0.3 is 4.74 Å². The Bertz CT molecular complexity index is 1040. The number of nitrogens with zero attached hydrogens (tertiary/aromatic N) is 2. The predicted octanol–water partition coefficient (Wildman–Crippen LogP) is 6.19. The highest BCUT2D eigenvalue weighted by molar-refractivity contribution is 8.08. The van der Waals surface area contributed by atoms with Gasteiger partial charge in [-0.1, -0.05) is 72.8 Å². The minimum absolute atomic E-state index is 0.711. The number of hydrogen-bond donors (Lipinski definition) is 0. The van der Waals surface area contributed by atoms with E-state index in [2.05, 4.69) is 70.6 Å². The summed E-state index contributed by atoms with van der Waals surface area (Å²) >= 11 is 1.57. The summed E-state index contributed by atoms with van der Waals surface area (Å²) in [7, 11) is 1.68. The minimum atomic E-state index is 0.711. The Hall–Kier alpha value is -3.37. The van der Waals surface area contributed by atoms with Crippen molar-refractivity contribution in [2.75, 3.05) is 7.11 Å². The van der Waals surface area contributed by atoms with E-state index in [0.29, 0.717) is 5.16 Å². The maximum atomic E-state index is 5.35. The predicted molar refractivity (Wildman–Crippen MR) is 120 cm³/mol. The van der Waals surface area contributed by atoms with Crippen LogP contribution in [0.3, 0.4) is 0 Å². The highest BCUT2D eigenvalue weighted by Gasteiger charge is 2.16. The minimum Gasteiger partial charge on any atom is -0.497 e. The molecule has 142 valence electrons. The van der Waals surface area contributed by atoms with Crippen molar-refractivity contribution in [1.29, 1.82) is 0 Å². The van der Waals surface area contributed by atoms with Crippen LogP contribution in [0.5, 0.6) is 5.75 Å². The molecule has 0 aliphatic rings. The smallest absolute Gasteiger partial charge is 0.192 e. The monoisotopic (exact) mass is 396 g/mol. The number of hydrogen-bond acceptors (Lipinski definition) is 4. The number of benzene rings is 3. The normalized spacial score (nSPS) is 10.4. The van der Waals surface area contributed by atoms with Gasteiger partial charge in [-0.3, -0.25) is 0 Å². The summed E-state index contributed by atoms with van der Waals surface area (Å²) in [6, 6.07) is 30.8. The second kappa shape index (κ2) is 9.22. The van der Waals surface area contributed by atoms with Crippen molar-refractivity contribution in [2.45, 2.75) is 5.16 Å². The van der Waals surface area contributed by atoms with Crippen LogP contribution in [-0.2, 0) is 0 Å². The van der Waals surface area contributed by atoms with Crippen LogP contribution in [0.25, 0.3) is 10.5 Å². The summed E-state index contributed by atoms with van der Waals surface area (Å²) < 4.78 is 5.35. The van der Waals surface area contributed by atoms with E-state index in [1.807, 2.05) is 30.3 Å². The summed E-state index contributed by atoms with van der Waals surface area (Å²) in [6.07, 6.45) is 3.54. The third-order valence-electron chi connectivity index (χ3n) is 4.44. The molecule has 3 aromatic carbocycles. The molecule has 0 aliphatic heterocycles. The lowest BCUT2D eigenvalue weighted by Gasteiger charge is -2.16. The zero-order valence-corrected chi connectivity index (χ0v) is 16.8. The molecule has 0 bridgehead atoms. The molecule has 0 fully saturated rings. The lowest BCUT2D eigenvalue weighted by molar-refractivity contribution is 0.415. The Kier molecular flexibility index (Phi) is 6.03. The molecule has 0 saturated heterocycles. The van der Waals surface area contributed by atoms with Crippen molar-refractivity contribution in [3.63, 3.8) is 0 Å². The largest absolute Gasteiger partial charge is 0.497 e. The van der Waals surface area contributed by atoms with Gasteiger partial charge in [0.2, 0.25) is 0 Å². The van der Waals surface area contributed by atoms with Gasteiger partial charge in [-0.2, -0.15) is 0 Å². The van der Waals surface area contributed by atoms with E-state index < -0.39 is 0 Å². The molecule has 4 heteroatoms. The van der Waals surface area contributed by atoms with E-state index in [1.54, 1.807) is 31.3 Å². The zero-order valence-electron chi connectivity index (χ0n) is 16.0. The average molecular weight is 397 g/mol. The lowest BCUT2D eigenvalue weighted by Crippen LogP contribution is -1.95. The highest BCUT2D eigenvalue weighted by atomic mass is 32.2. The molecule has 4 aromatic rings. The molecule has 4 rings (SSSR count). The number of aromatic nitrogens is 2. The van der Waals surface area contributed by atoms with E-state index >= 15 is 0 Å². The van der Waals surface area contributed by atoms with Crippen molar-refractivity contribution in [2.24, 2.45) is 0 Å². The third kappa shape index (κ3) is 4.55. The Balaban J connectivity index is 1.96. The number of rotatable bonds is 6. The topological polar surface area (TPSA) is 35.0 Å². The second-order valence-electron chi connectivity index (χ2n) is 6.30. The third-order valence-corrected chi connectivity index (χ3v) is 5.48. The fourth-order valence-corrected chi connectivity index (χ4v) is 4.07. The first-order valence-electron chi connectivity index (χ1n) is 9.29. The Labute approximate surface area is 175 Å². The van der Waals surface area contributed by atoms with Crippen molar-refractivity contribution in [3.8, 4) is 5.75 Å². The fraction of sp³-hybridized carbons (Fsp3) is 0.0400. The lowest BCUT2D eigenvalue weighted by atomic mass is 9.95. The quantitative estimate of drug-likeness (QED) is 0.221. The highest BCUT2D eigenvalue weighted by Crippen LogP contribution is 2.41. The molecular weight excluding hydrogens is 376 g/mol. The van der Waals surface area contributed by atoms with Crippen LogP contribution >= 0.6 is 11.8 Å². The maximum absolute atomic E-state index is 5.35. The molecule has 0 spiro atoms. The summed E-state index contributed by atoms with van der Waals surface area (Å²) in [6.45, 7) is 0. The number of methoxy groups -OCH3 is 1. The number of ether oxygens (including phenoxy) is 1. The molecule has 0 radical (unpaired) electrons.